The van der Waals surface area contributed by atoms with Crippen molar-refractivity contribution in [2.45, 2.75) is 134 Å². The van der Waals surface area contributed by atoms with E-state index in [2.05, 4.69) is 11.6 Å². The van der Waals surface area contributed by atoms with E-state index in [0.29, 0.717) is 10.7 Å². The van der Waals surface area contributed by atoms with E-state index in [0.717, 1.165) is 24.9 Å². The van der Waals surface area contributed by atoms with Crippen molar-refractivity contribution in [3.05, 3.63) is 53.6 Å². The third kappa shape index (κ3) is 21.0. The van der Waals surface area contributed by atoms with Crippen molar-refractivity contribution in [3.8, 4) is 0 Å². The Balaban J connectivity index is 0.000000543. The van der Waals surface area contributed by atoms with Crippen LogP contribution in [0.2, 0.25) is 5.02 Å². The molecular weight excluding hydrogens is 745 g/mol. The summed E-state index contributed by atoms with van der Waals surface area (Å²) < 4.78 is 36.8. The van der Waals surface area contributed by atoms with Crippen molar-refractivity contribution < 1.29 is 27.1 Å². The number of benzene rings is 2. The molecule has 2 rings (SSSR count). The largest absolute Gasteiger partial charge is 0.399 e. The zero-order valence-electron chi connectivity index (χ0n) is 31.2. The number of nitrogens with one attached hydrogen (secondary N) is 1. The number of rotatable bonds is 25. The summed E-state index contributed by atoms with van der Waals surface area (Å²) in [5.74, 6) is -0.276. The summed E-state index contributed by atoms with van der Waals surface area (Å²) in [7, 11) is -0.800. The number of halogens is 1. The zero-order chi connectivity index (χ0) is 38.1. The van der Waals surface area contributed by atoms with Gasteiger partial charge in [0.05, 0.1) is 10.6 Å². The molecule has 0 fully saturated rings. The Morgan fingerprint density at radius 3 is 1.71 bits per heavy atom. The van der Waals surface area contributed by atoms with E-state index in [1.54, 1.807) is 17.0 Å². The standard InChI is InChI=1S/C24H42N2O3S.C13H19ClNO3PS2/c1-2-3-4-5-6-7-8-9-10-11-12-13-14-15-16-17-24(27)26-30(28,29)23-20-18-22(25)19-21-23;1-10(2)15(12-7-5-11(14)6-8-12)13(16)9-21-19(20,17-3)18-4/h18-21H,2-17,25H2,1H3,(H,26,27);5-8,10H,9H2,1-4H3. The number of carbonyl (C=O) groups excluding carboxylic acids is 2. The molecule has 0 saturated carbocycles. The summed E-state index contributed by atoms with van der Waals surface area (Å²) in [6.45, 7) is 6.17. The summed E-state index contributed by atoms with van der Waals surface area (Å²) >= 11 is 12.4. The average Bonchev–Trinajstić information content (AvgIpc) is 3.10. The highest BCUT2D eigenvalue weighted by molar-refractivity contribution is 8.68. The minimum Gasteiger partial charge on any atom is -0.399 e. The van der Waals surface area contributed by atoms with Gasteiger partial charge in [0.1, 0.15) is 0 Å². The van der Waals surface area contributed by atoms with Crippen LogP contribution >= 0.6 is 28.7 Å². The number of sulfonamides is 1. The SMILES string of the molecule is CCCCCCCCCCCCCCCCCC(=O)NS(=O)(=O)c1ccc(N)cc1.COP(=S)(OC)SCC(=O)N(c1ccc(Cl)cc1)C(C)C. The van der Waals surface area contributed by atoms with Crippen LogP contribution in [0.15, 0.2) is 53.4 Å². The van der Waals surface area contributed by atoms with Gasteiger partial charge < -0.3 is 19.7 Å². The van der Waals surface area contributed by atoms with Gasteiger partial charge in [0.15, 0.2) is 0 Å². The van der Waals surface area contributed by atoms with E-state index >= 15 is 0 Å². The van der Waals surface area contributed by atoms with Crippen LogP contribution in [0.3, 0.4) is 0 Å². The third-order valence-electron chi connectivity index (χ3n) is 8.13. The maximum absolute atomic E-state index is 12.5. The maximum Gasteiger partial charge on any atom is 0.264 e. The molecule has 0 heterocycles. The van der Waals surface area contributed by atoms with E-state index in [4.69, 9.17) is 38.2 Å². The molecule has 2 aromatic rings. The Labute approximate surface area is 322 Å². The number of nitrogen functional groups attached to an aromatic ring is 1. The fourth-order valence-corrected chi connectivity index (χ4v) is 9.10. The van der Waals surface area contributed by atoms with Gasteiger partial charge in [0.2, 0.25) is 17.5 Å². The predicted octanol–water partition coefficient (Wildman–Crippen LogP) is 10.7. The number of hydrogen-bond donors (Lipinski definition) is 2. The van der Waals surface area contributed by atoms with Gasteiger partial charge in [-0.2, -0.15) is 0 Å². The van der Waals surface area contributed by atoms with Gasteiger partial charge in [-0.05, 0) is 80.6 Å². The quantitative estimate of drug-likeness (QED) is 0.0572. The number of nitrogens with zero attached hydrogens (tertiary/aromatic N) is 1. The van der Waals surface area contributed by atoms with E-state index < -0.39 is 21.6 Å². The monoisotopic (exact) mass is 805 g/mol. The maximum atomic E-state index is 12.5. The number of anilines is 2. The highest BCUT2D eigenvalue weighted by Crippen LogP contribution is 2.59. The molecule has 0 aliphatic heterocycles. The van der Waals surface area contributed by atoms with Gasteiger partial charge in [-0.15, -0.1) is 0 Å². The van der Waals surface area contributed by atoms with Crippen LogP contribution in [0.1, 0.15) is 124 Å². The fraction of sp³-hybridized carbons (Fsp3) is 0.622. The van der Waals surface area contributed by atoms with E-state index in [9.17, 15) is 18.0 Å². The molecule has 9 nitrogen and oxygen atoms in total. The summed E-state index contributed by atoms with van der Waals surface area (Å²) in [5, 5.41) is 0.638. The van der Waals surface area contributed by atoms with E-state index in [1.807, 2.05) is 26.0 Å². The summed E-state index contributed by atoms with van der Waals surface area (Å²) in [4.78, 5) is 26.2. The first kappa shape index (κ1) is 47.4. The lowest BCUT2D eigenvalue weighted by molar-refractivity contribution is -0.119. The third-order valence-corrected chi connectivity index (χ3v) is 15.4. The van der Waals surface area contributed by atoms with Crippen molar-refractivity contribution in [2.75, 3.05) is 30.6 Å². The van der Waals surface area contributed by atoms with Gasteiger partial charge in [-0.25, -0.2) is 13.1 Å². The molecule has 14 heteroatoms. The molecule has 3 N–H and O–H groups in total. The summed E-state index contributed by atoms with van der Waals surface area (Å²) in [5.41, 5.74) is 4.43. The molecule has 0 aromatic heterocycles. The number of unbranched alkanes of at least 4 members (excludes halogenated alkanes) is 14. The van der Waals surface area contributed by atoms with Crippen LogP contribution in [0.25, 0.3) is 0 Å². The topological polar surface area (TPSA) is 128 Å². The molecule has 0 aliphatic rings. The number of carbonyl (C=O) groups is 2. The second-order valence-corrected chi connectivity index (χ2v) is 21.4. The second-order valence-electron chi connectivity index (χ2n) is 12.7. The fourth-order valence-electron chi connectivity index (χ4n) is 5.28. The van der Waals surface area contributed by atoms with Crippen molar-refractivity contribution in [3.63, 3.8) is 0 Å². The molecule has 0 atom stereocenters. The number of amides is 2. The van der Waals surface area contributed by atoms with Crippen LogP contribution in [0.5, 0.6) is 0 Å². The van der Waals surface area contributed by atoms with Gasteiger partial charge in [0.25, 0.3) is 10.0 Å². The van der Waals surface area contributed by atoms with Crippen LogP contribution in [0, 0.1) is 0 Å². The van der Waals surface area contributed by atoms with Crippen molar-refractivity contribution in [1.82, 2.24) is 4.72 Å². The van der Waals surface area contributed by atoms with Crippen molar-refractivity contribution >= 4 is 73.7 Å². The Morgan fingerprint density at radius 1 is 0.824 bits per heavy atom. The van der Waals surface area contributed by atoms with Gasteiger partial charge in [-0.1, -0.05) is 120 Å². The highest BCUT2D eigenvalue weighted by Gasteiger charge is 2.24. The first-order chi connectivity index (χ1) is 24.3. The Morgan fingerprint density at radius 2 is 1.27 bits per heavy atom. The van der Waals surface area contributed by atoms with Gasteiger partial charge >= 0.3 is 0 Å². The molecule has 0 aliphatic carbocycles. The zero-order valence-corrected chi connectivity index (χ0v) is 35.3. The molecule has 0 saturated heterocycles. The molecule has 51 heavy (non-hydrogen) atoms. The minimum absolute atomic E-state index is 0.0298. The lowest BCUT2D eigenvalue weighted by Gasteiger charge is -2.27. The van der Waals surface area contributed by atoms with Crippen LogP contribution in [-0.2, 0) is 40.5 Å². The lowest BCUT2D eigenvalue weighted by atomic mass is 10.0. The Hall–Kier alpha value is -1.66. The van der Waals surface area contributed by atoms with Crippen LogP contribution in [-0.4, -0.2) is 46.2 Å². The van der Waals surface area contributed by atoms with Crippen molar-refractivity contribution in [2.24, 2.45) is 0 Å². The molecule has 2 amide bonds. The first-order valence-electron chi connectivity index (χ1n) is 18.1. The van der Waals surface area contributed by atoms with E-state index in [-0.39, 0.29) is 29.0 Å². The van der Waals surface area contributed by atoms with Crippen LogP contribution < -0.4 is 15.4 Å². The molecule has 290 valence electrons. The average molecular weight is 807 g/mol. The summed E-state index contributed by atoms with van der Waals surface area (Å²) in [6.07, 6.45) is 19.2. The molecule has 0 spiro atoms. The Kier molecular flexibility index (Phi) is 25.1. The molecule has 0 radical (unpaired) electrons. The van der Waals surface area contributed by atoms with Crippen molar-refractivity contribution in [1.29, 1.82) is 0 Å². The molecule has 0 unspecified atom stereocenters. The Bertz CT molecular complexity index is 1410. The predicted molar refractivity (Wildman–Crippen MR) is 221 cm³/mol. The lowest BCUT2D eigenvalue weighted by Crippen LogP contribution is -2.38. The normalized spacial score (nSPS) is 11.6. The van der Waals surface area contributed by atoms with Gasteiger partial charge in [0, 0.05) is 43.1 Å². The smallest absolute Gasteiger partial charge is 0.264 e. The number of nitrogens with two attached hydrogens (primary N) is 1. The highest BCUT2D eigenvalue weighted by atomic mass is 35.5. The number of hydrogen-bond acceptors (Lipinski definition) is 9. The van der Waals surface area contributed by atoms with Crippen LogP contribution in [0.4, 0.5) is 11.4 Å². The first-order valence-corrected chi connectivity index (χ1v) is 24.2. The molecular formula is C37H61ClN3O6PS3. The van der Waals surface area contributed by atoms with E-state index in [1.165, 1.54) is 127 Å². The summed E-state index contributed by atoms with van der Waals surface area (Å²) in [6, 6.07) is 13.0. The second kappa shape index (κ2) is 27.0. The van der Waals surface area contributed by atoms with Gasteiger partial charge in [-0.3, -0.25) is 9.59 Å². The minimum atomic E-state index is -3.80. The molecule has 2 aromatic carbocycles. The molecule has 0 bridgehead atoms.